The van der Waals surface area contributed by atoms with E-state index in [4.69, 9.17) is 20.9 Å². The third-order valence-corrected chi connectivity index (χ3v) is 4.76. The largest absolute Gasteiger partial charge is 0.497 e. The zero-order valence-corrected chi connectivity index (χ0v) is 18.1. The second-order valence-electron chi connectivity index (χ2n) is 6.90. The van der Waals surface area contributed by atoms with Crippen molar-refractivity contribution < 1.29 is 18.8 Å². The molecule has 0 aliphatic carbocycles. The highest BCUT2D eigenvalue weighted by atomic mass is 35.5. The normalized spacial score (nSPS) is 10.5. The van der Waals surface area contributed by atoms with Crippen LogP contribution in [-0.2, 0) is 16.0 Å². The third kappa shape index (κ3) is 6.55. The molecule has 3 rings (SSSR count). The number of halogens is 1. The summed E-state index contributed by atoms with van der Waals surface area (Å²) in [6, 6.07) is 14.2. The number of nitrogens with zero attached hydrogens (tertiary/aromatic N) is 3. The lowest BCUT2D eigenvalue weighted by molar-refractivity contribution is -0.133. The van der Waals surface area contributed by atoms with Gasteiger partial charge in [-0.1, -0.05) is 22.8 Å². The number of hydrogen-bond donors (Lipinski definition) is 1. The van der Waals surface area contributed by atoms with Crippen molar-refractivity contribution in [2.24, 2.45) is 0 Å². The molecule has 3 aromatic rings. The minimum Gasteiger partial charge on any atom is -0.497 e. The molecule has 0 bridgehead atoms. The maximum Gasteiger partial charge on any atom is 0.243 e. The van der Waals surface area contributed by atoms with Crippen molar-refractivity contribution in [3.63, 3.8) is 0 Å². The molecule has 0 aliphatic rings. The lowest BCUT2D eigenvalue weighted by Crippen LogP contribution is -2.34. The first-order valence-electron chi connectivity index (χ1n) is 9.71. The van der Waals surface area contributed by atoms with Crippen LogP contribution < -0.4 is 10.1 Å². The van der Waals surface area contributed by atoms with E-state index < -0.39 is 0 Å². The molecule has 0 aliphatic heterocycles. The maximum absolute atomic E-state index is 12.3. The van der Waals surface area contributed by atoms with Gasteiger partial charge in [0.05, 0.1) is 13.7 Å². The third-order valence-electron chi connectivity index (χ3n) is 4.51. The predicted octanol–water partition coefficient (Wildman–Crippen LogP) is 3.82. The Balaban J connectivity index is 1.43. The van der Waals surface area contributed by atoms with Gasteiger partial charge in [0.2, 0.25) is 23.5 Å². The van der Waals surface area contributed by atoms with E-state index in [2.05, 4.69) is 15.5 Å². The molecule has 9 heteroatoms. The number of likely N-dealkylation sites (N-methyl/N-ethyl adjacent to an activating group) is 1. The van der Waals surface area contributed by atoms with Gasteiger partial charge in [-0.25, -0.2) is 0 Å². The highest BCUT2D eigenvalue weighted by Gasteiger charge is 2.14. The Hall–Kier alpha value is -3.39. The van der Waals surface area contributed by atoms with Crippen molar-refractivity contribution in [3.05, 3.63) is 59.4 Å². The quantitative estimate of drug-likeness (QED) is 0.541. The number of hydrogen-bond acceptors (Lipinski definition) is 6. The topological polar surface area (TPSA) is 97.6 Å². The molecule has 1 aromatic heterocycles. The number of carbonyl (C=O) groups excluding carboxylic acids is 2. The monoisotopic (exact) mass is 442 g/mol. The van der Waals surface area contributed by atoms with Crippen LogP contribution in [0.1, 0.15) is 18.7 Å². The first-order valence-corrected chi connectivity index (χ1v) is 10.1. The van der Waals surface area contributed by atoms with Crippen molar-refractivity contribution in [2.45, 2.75) is 19.3 Å². The van der Waals surface area contributed by atoms with Crippen molar-refractivity contribution in [2.75, 3.05) is 26.0 Å². The number of aryl methyl sites for hydroxylation is 1. The zero-order valence-electron chi connectivity index (χ0n) is 17.3. The fourth-order valence-electron chi connectivity index (χ4n) is 2.86. The fourth-order valence-corrected chi connectivity index (χ4v) is 2.99. The number of aromatic nitrogens is 2. The molecule has 0 atom stereocenters. The molecule has 31 heavy (non-hydrogen) atoms. The molecule has 162 valence electrons. The predicted molar refractivity (Wildman–Crippen MR) is 117 cm³/mol. The van der Waals surface area contributed by atoms with E-state index in [1.165, 1.54) is 4.90 Å². The summed E-state index contributed by atoms with van der Waals surface area (Å²) in [7, 11) is 3.15. The van der Waals surface area contributed by atoms with Crippen molar-refractivity contribution >= 4 is 29.1 Å². The number of methoxy groups -OCH3 is 1. The molecule has 0 unspecified atom stereocenters. The summed E-state index contributed by atoms with van der Waals surface area (Å²) < 4.78 is 10.4. The Labute approximate surface area is 185 Å². The second kappa shape index (κ2) is 10.6. The number of carbonyl (C=O) groups is 2. The Morgan fingerprint density at radius 2 is 1.97 bits per heavy atom. The highest BCUT2D eigenvalue weighted by molar-refractivity contribution is 6.30. The van der Waals surface area contributed by atoms with Crippen LogP contribution in [0.3, 0.4) is 0 Å². The Kier molecular flexibility index (Phi) is 7.61. The van der Waals surface area contributed by atoms with Crippen LogP contribution in [0.25, 0.3) is 11.4 Å². The van der Waals surface area contributed by atoms with Crippen molar-refractivity contribution in [3.8, 4) is 17.1 Å². The van der Waals surface area contributed by atoms with Gasteiger partial charge in [0.1, 0.15) is 5.75 Å². The lowest BCUT2D eigenvalue weighted by atomic mass is 10.2. The number of rotatable bonds is 9. The standard InChI is InChI=1S/C22H23ClN4O4/c1-27(14-19(28)24-17-5-3-6-18(13-17)30-2)21(29)8-4-7-20-25-22(26-31-20)15-9-11-16(23)12-10-15/h3,5-6,9-13H,4,7-8,14H2,1-2H3,(H,24,28). The van der Waals surface area contributed by atoms with Crippen LogP contribution in [0.2, 0.25) is 5.02 Å². The Morgan fingerprint density at radius 3 is 2.71 bits per heavy atom. The SMILES string of the molecule is COc1cccc(NC(=O)CN(C)C(=O)CCCc2nc(-c3ccc(Cl)cc3)no2)c1. The van der Waals surface area contributed by atoms with Gasteiger partial charge in [-0.3, -0.25) is 9.59 Å². The number of anilines is 1. The second-order valence-corrected chi connectivity index (χ2v) is 7.34. The molecule has 1 N–H and O–H groups in total. The fraction of sp³-hybridized carbons (Fsp3) is 0.273. The lowest BCUT2D eigenvalue weighted by Gasteiger charge is -2.16. The molecule has 0 saturated heterocycles. The molecule has 0 fully saturated rings. The summed E-state index contributed by atoms with van der Waals surface area (Å²) >= 11 is 5.88. The van der Waals surface area contributed by atoms with Crippen LogP contribution in [0.15, 0.2) is 53.1 Å². The summed E-state index contributed by atoms with van der Waals surface area (Å²) in [5.74, 6) is 1.15. The zero-order chi connectivity index (χ0) is 22.2. The average Bonchev–Trinajstić information content (AvgIpc) is 3.23. The van der Waals surface area contributed by atoms with Gasteiger partial charge < -0.3 is 19.5 Å². The summed E-state index contributed by atoms with van der Waals surface area (Å²) in [5, 5.41) is 7.34. The molecular formula is C22H23ClN4O4. The van der Waals surface area contributed by atoms with Gasteiger partial charge in [0.15, 0.2) is 0 Å². The summed E-state index contributed by atoms with van der Waals surface area (Å²) in [6.07, 6.45) is 1.26. The highest BCUT2D eigenvalue weighted by Crippen LogP contribution is 2.19. The number of ether oxygens (including phenoxy) is 1. The molecule has 2 amide bonds. The van der Waals surface area contributed by atoms with Crippen LogP contribution in [0, 0.1) is 0 Å². The summed E-state index contributed by atoms with van der Waals surface area (Å²) in [6.45, 7) is -0.0443. The number of amides is 2. The van der Waals surface area contributed by atoms with Crippen LogP contribution in [-0.4, -0.2) is 47.6 Å². The van der Waals surface area contributed by atoms with E-state index >= 15 is 0 Å². The maximum atomic E-state index is 12.3. The van der Waals surface area contributed by atoms with Gasteiger partial charge in [0.25, 0.3) is 0 Å². The number of nitrogens with one attached hydrogen (secondary N) is 1. The van der Waals surface area contributed by atoms with Crippen LogP contribution in [0.5, 0.6) is 5.75 Å². The molecular weight excluding hydrogens is 420 g/mol. The van der Waals surface area contributed by atoms with E-state index in [-0.39, 0.29) is 24.8 Å². The first kappa shape index (κ1) is 22.3. The number of benzene rings is 2. The molecule has 2 aromatic carbocycles. The van der Waals surface area contributed by atoms with E-state index in [0.717, 1.165) is 5.56 Å². The van der Waals surface area contributed by atoms with Gasteiger partial charge in [-0.05, 0) is 42.8 Å². The van der Waals surface area contributed by atoms with Gasteiger partial charge in [0, 0.05) is 42.2 Å². The van der Waals surface area contributed by atoms with Gasteiger partial charge >= 0.3 is 0 Å². The summed E-state index contributed by atoms with van der Waals surface area (Å²) in [4.78, 5) is 30.3. The Bertz CT molecular complexity index is 1040. The van der Waals surface area contributed by atoms with Gasteiger partial charge in [-0.2, -0.15) is 4.98 Å². The smallest absolute Gasteiger partial charge is 0.243 e. The molecule has 0 spiro atoms. The minimum absolute atomic E-state index is 0.0443. The van der Waals surface area contributed by atoms with Gasteiger partial charge in [-0.15, -0.1) is 0 Å². The summed E-state index contributed by atoms with van der Waals surface area (Å²) in [5.41, 5.74) is 1.41. The van der Waals surface area contributed by atoms with E-state index in [1.807, 2.05) is 12.1 Å². The molecule has 0 saturated carbocycles. The minimum atomic E-state index is -0.284. The van der Waals surface area contributed by atoms with Crippen LogP contribution >= 0.6 is 11.6 Å². The van der Waals surface area contributed by atoms with E-state index in [1.54, 1.807) is 50.6 Å². The molecule has 1 heterocycles. The molecule has 0 radical (unpaired) electrons. The first-order chi connectivity index (χ1) is 14.9. The average molecular weight is 443 g/mol. The molecule has 8 nitrogen and oxygen atoms in total. The van der Waals surface area contributed by atoms with Crippen LogP contribution in [0.4, 0.5) is 5.69 Å². The van der Waals surface area contributed by atoms with E-state index in [9.17, 15) is 9.59 Å². The van der Waals surface area contributed by atoms with E-state index in [0.29, 0.717) is 41.0 Å². The Morgan fingerprint density at radius 1 is 1.19 bits per heavy atom. The van der Waals surface area contributed by atoms with Crippen molar-refractivity contribution in [1.82, 2.24) is 15.0 Å². The van der Waals surface area contributed by atoms with Crippen molar-refractivity contribution in [1.29, 1.82) is 0 Å².